The third-order valence-electron chi connectivity index (χ3n) is 7.08. The van der Waals surface area contributed by atoms with Crippen LogP contribution in [0, 0.1) is 6.92 Å². The number of hydrogen-bond donors (Lipinski definition) is 1. The lowest BCUT2D eigenvalue weighted by Crippen LogP contribution is -2.48. The summed E-state index contributed by atoms with van der Waals surface area (Å²) in [5.41, 5.74) is 3.13. The first-order valence-electron chi connectivity index (χ1n) is 13.3. The molecule has 3 aromatic carbocycles. The molecule has 8 nitrogen and oxygen atoms in total. The number of nitrogens with zero attached hydrogens (tertiary/aromatic N) is 4. The van der Waals surface area contributed by atoms with Crippen molar-refractivity contribution in [3.63, 3.8) is 0 Å². The maximum Gasteiger partial charge on any atom is 0.264 e. The van der Waals surface area contributed by atoms with E-state index in [1.807, 2.05) is 18.2 Å². The summed E-state index contributed by atoms with van der Waals surface area (Å²) >= 11 is 8.02. The molecule has 11 heteroatoms. The summed E-state index contributed by atoms with van der Waals surface area (Å²) in [5, 5.41) is 4.69. The van der Waals surface area contributed by atoms with Gasteiger partial charge in [0, 0.05) is 51.4 Å². The smallest absolute Gasteiger partial charge is 0.264 e. The lowest BCUT2D eigenvalue weighted by molar-refractivity contribution is 0.0947. The number of thiazole rings is 1. The molecule has 0 radical (unpaired) electrons. The zero-order valence-corrected chi connectivity index (χ0v) is 24.9. The summed E-state index contributed by atoms with van der Waals surface area (Å²) in [6, 6.07) is 19.0. The molecule has 0 spiro atoms. The lowest BCUT2D eigenvalue weighted by Gasteiger charge is -2.34. The molecule has 0 saturated carbocycles. The number of halogens is 1. The van der Waals surface area contributed by atoms with Gasteiger partial charge in [0.2, 0.25) is 0 Å². The normalized spacial score (nSPS) is 14.4. The highest BCUT2D eigenvalue weighted by molar-refractivity contribution is 7.92. The van der Waals surface area contributed by atoms with Crippen LogP contribution in [0.2, 0.25) is 5.02 Å². The van der Waals surface area contributed by atoms with Crippen molar-refractivity contribution in [3.05, 3.63) is 82.9 Å². The highest BCUT2D eigenvalue weighted by atomic mass is 35.5. The predicted octanol–water partition coefficient (Wildman–Crippen LogP) is 5.03. The number of aromatic nitrogens is 1. The summed E-state index contributed by atoms with van der Waals surface area (Å²) in [6.07, 6.45) is 0. The van der Waals surface area contributed by atoms with Gasteiger partial charge in [0.05, 0.1) is 25.8 Å². The number of piperazine rings is 1. The van der Waals surface area contributed by atoms with Gasteiger partial charge in [-0.25, -0.2) is 13.4 Å². The molecule has 2 heterocycles. The highest BCUT2D eigenvalue weighted by Gasteiger charge is 2.24. The molecule has 1 aliphatic rings. The third kappa shape index (κ3) is 5.95. The number of hydrogen-bond acceptors (Lipinski definition) is 7. The molecule has 0 unspecified atom stereocenters. The second kappa shape index (κ2) is 12.1. The minimum Gasteiger partial charge on any atom is -0.351 e. The van der Waals surface area contributed by atoms with Crippen molar-refractivity contribution in [2.24, 2.45) is 0 Å². The molecule has 1 aliphatic heterocycles. The van der Waals surface area contributed by atoms with Crippen LogP contribution in [0.25, 0.3) is 10.2 Å². The van der Waals surface area contributed by atoms with E-state index in [1.165, 1.54) is 16.4 Å². The Morgan fingerprint density at radius 2 is 1.73 bits per heavy atom. The number of aryl methyl sites for hydroxylation is 1. The largest absolute Gasteiger partial charge is 0.351 e. The number of amides is 1. The van der Waals surface area contributed by atoms with Crippen molar-refractivity contribution in [2.75, 3.05) is 55.0 Å². The molecule has 40 heavy (non-hydrogen) atoms. The molecule has 0 atom stereocenters. The lowest BCUT2D eigenvalue weighted by atomic mass is 10.2. The molecular weight excluding hydrogens is 566 g/mol. The first-order chi connectivity index (χ1) is 19.3. The highest BCUT2D eigenvalue weighted by Crippen LogP contribution is 2.35. The number of benzene rings is 3. The van der Waals surface area contributed by atoms with E-state index >= 15 is 0 Å². The number of carbonyl (C=O) groups is 1. The van der Waals surface area contributed by atoms with Gasteiger partial charge in [0.25, 0.3) is 15.9 Å². The summed E-state index contributed by atoms with van der Waals surface area (Å²) < 4.78 is 28.8. The average molecular weight is 598 g/mol. The molecule has 1 amide bonds. The van der Waals surface area contributed by atoms with E-state index in [9.17, 15) is 13.2 Å². The fraction of sp³-hybridized carbons (Fsp3) is 0.310. The van der Waals surface area contributed by atoms with Crippen LogP contribution in [-0.2, 0) is 10.0 Å². The van der Waals surface area contributed by atoms with Crippen molar-refractivity contribution < 1.29 is 13.2 Å². The quantitative estimate of drug-likeness (QED) is 0.291. The van der Waals surface area contributed by atoms with Crippen LogP contribution in [0.5, 0.6) is 0 Å². The van der Waals surface area contributed by atoms with E-state index in [0.29, 0.717) is 24.3 Å². The Morgan fingerprint density at radius 3 is 2.38 bits per heavy atom. The van der Waals surface area contributed by atoms with E-state index in [4.69, 9.17) is 16.6 Å². The van der Waals surface area contributed by atoms with Gasteiger partial charge in [0.15, 0.2) is 5.13 Å². The Labute approximate surface area is 244 Å². The van der Waals surface area contributed by atoms with Crippen molar-refractivity contribution in [1.82, 2.24) is 15.2 Å². The minimum atomic E-state index is -3.73. The van der Waals surface area contributed by atoms with Gasteiger partial charge >= 0.3 is 0 Å². The van der Waals surface area contributed by atoms with Crippen molar-refractivity contribution >= 4 is 59.9 Å². The molecule has 1 saturated heterocycles. The number of rotatable bonds is 9. The molecule has 210 valence electrons. The van der Waals surface area contributed by atoms with Gasteiger partial charge in [-0.3, -0.25) is 14.0 Å². The number of nitrogens with one attached hydrogen (secondary N) is 1. The second-order valence-corrected chi connectivity index (χ2v) is 12.9. The molecule has 1 aromatic heterocycles. The Hall–Kier alpha value is -3.18. The maximum atomic E-state index is 13.2. The SMILES string of the molecule is CCN(c1ccccc1)S(=O)(=O)c1ccc(C(=O)NCCN2CCN(c3nc4c(C)ccc(Cl)c4s3)CC2)cc1. The standard InChI is InChI=1S/C29H32ClN5O3S2/c1-3-35(23-7-5-4-6-8-23)40(37,38)24-12-10-22(11-13-24)28(36)31-15-16-33-17-19-34(20-18-33)29-32-26-21(2)9-14-25(30)27(26)39-29/h4-14H,3,15-20H2,1-2H3,(H,31,36). The number of sulfonamides is 1. The Bertz CT molecular complexity index is 1550. The maximum absolute atomic E-state index is 13.2. The molecular formula is C29H32ClN5O3S2. The van der Waals surface area contributed by atoms with Gasteiger partial charge in [0.1, 0.15) is 0 Å². The van der Waals surface area contributed by atoms with Gasteiger partial charge < -0.3 is 10.2 Å². The van der Waals surface area contributed by atoms with E-state index in [0.717, 1.165) is 58.7 Å². The minimum absolute atomic E-state index is 0.151. The average Bonchev–Trinajstić information content (AvgIpc) is 3.43. The zero-order valence-electron chi connectivity index (χ0n) is 22.5. The van der Waals surface area contributed by atoms with E-state index in [1.54, 1.807) is 54.7 Å². The van der Waals surface area contributed by atoms with Crippen molar-refractivity contribution in [3.8, 4) is 0 Å². The number of anilines is 2. The molecule has 0 bridgehead atoms. The number of carbonyl (C=O) groups excluding carboxylic acids is 1. The Kier molecular flexibility index (Phi) is 8.60. The number of fused-ring (bicyclic) bond motifs is 1. The summed E-state index contributed by atoms with van der Waals surface area (Å²) in [7, 11) is -3.73. The molecule has 1 fully saturated rings. The van der Waals surface area contributed by atoms with Gasteiger partial charge in [-0.2, -0.15) is 0 Å². The van der Waals surface area contributed by atoms with Gasteiger partial charge in [-0.15, -0.1) is 0 Å². The van der Waals surface area contributed by atoms with Gasteiger partial charge in [-0.05, 0) is 61.9 Å². The van der Waals surface area contributed by atoms with Crippen LogP contribution in [0.4, 0.5) is 10.8 Å². The molecule has 1 N–H and O–H groups in total. The monoisotopic (exact) mass is 597 g/mol. The van der Waals surface area contributed by atoms with Crippen LogP contribution >= 0.6 is 22.9 Å². The van der Waals surface area contributed by atoms with Crippen LogP contribution in [0.1, 0.15) is 22.8 Å². The van der Waals surface area contributed by atoms with E-state index in [-0.39, 0.29) is 10.8 Å². The van der Waals surface area contributed by atoms with E-state index < -0.39 is 10.0 Å². The first-order valence-corrected chi connectivity index (χ1v) is 15.9. The summed E-state index contributed by atoms with van der Waals surface area (Å²) in [5.74, 6) is -0.222. The second-order valence-electron chi connectivity index (χ2n) is 9.65. The molecule has 0 aliphatic carbocycles. The fourth-order valence-corrected chi connectivity index (χ4v) is 7.65. The third-order valence-corrected chi connectivity index (χ3v) is 10.6. The van der Waals surface area contributed by atoms with E-state index in [2.05, 4.69) is 22.0 Å². The van der Waals surface area contributed by atoms with Crippen LogP contribution < -0.4 is 14.5 Å². The Balaban J connectivity index is 1.12. The van der Waals surface area contributed by atoms with Crippen LogP contribution in [0.3, 0.4) is 0 Å². The zero-order chi connectivity index (χ0) is 28.3. The summed E-state index contributed by atoms with van der Waals surface area (Å²) in [4.78, 5) is 22.3. The van der Waals surface area contributed by atoms with Crippen LogP contribution in [0.15, 0.2) is 71.6 Å². The van der Waals surface area contributed by atoms with Gasteiger partial charge in [-0.1, -0.05) is 47.2 Å². The van der Waals surface area contributed by atoms with Crippen molar-refractivity contribution in [2.45, 2.75) is 18.7 Å². The number of para-hydroxylation sites is 1. The topological polar surface area (TPSA) is 85.8 Å². The molecule has 5 rings (SSSR count). The van der Waals surface area contributed by atoms with Crippen LogP contribution in [-0.4, -0.2) is 70.0 Å². The summed E-state index contributed by atoms with van der Waals surface area (Å²) in [6.45, 7) is 8.86. The molecule has 4 aromatic rings. The Morgan fingerprint density at radius 1 is 1.02 bits per heavy atom. The fourth-order valence-electron chi connectivity index (χ4n) is 4.81. The van der Waals surface area contributed by atoms with Crippen molar-refractivity contribution in [1.29, 1.82) is 0 Å². The first kappa shape index (κ1) is 28.4. The predicted molar refractivity (Wildman–Crippen MR) is 163 cm³/mol.